The van der Waals surface area contributed by atoms with Crippen molar-refractivity contribution in [3.05, 3.63) is 6.92 Å². The lowest BCUT2D eigenvalue weighted by Crippen LogP contribution is -1.95. The van der Waals surface area contributed by atoms with Gasteiger partial charge in [-0.05, 0) is 17.8 Å². The van der Waals surface area contributed by atoms with Crippen molar-refractivity contribution in [2.24, 2.45) is 17.8 Å². The van der Waals surface area contributed by atoms with Gasteiger partial charge < -0.3 is 0 Å². The van der Waals surface area contributed by atoms with Gasteiger partial charge in [0.15, 0.2) is 0 Å². The van der Waals surface area contributed by atoms with Gasteiger partial charge in [0.05, 0.1) is 0 Å². The van der Waals surface area contributed by atoms with Gasteiger partial charge in [-0.3, -0.25) is 0 Å². The molecule has 0 saturated carbocycles. The fourth-order valence-corrected chi connectivity index (χ4v) is 4.94. The number of rotatable bonds is 26. The Labute approximate surface area is 206 Å². The summed E-state index contributed by atoms with van der Waals surface area (Å²) in [5.74, 6) is 2.50. The van der Waals surface area contributed by atoms with E-state index in [0.717, 1.165) is 11.8 Å². The highest BCUT2D eigenvalue weighted by atomic mass is 14.1. The molecule has 0 aliphatic heterocycles. The topological polar surface area (TPSA) is 0 Å². The van der Waals surface area contributed by atoms with Crippen LogP contribution in [0.3, 0.4) is 0 Å². The first kappa shape index (κ1) is 32.0. The van der Waals surface area contributed by atoms with Crippen LogP contribution in [-0.4, -0.2) is 0 Å². The number of hydrogen-bond donors (Lipinski definition) is 0. The summed E-state index contributed by atoms with van der Waals surface area (Å²) in [7, 11) is 0. The zero-order valence-electron chi connectivity index (χ0n) is 23.4. The predicted octanol–water partition coefficient (Wildman–Crippen LogP) is 12.1. The summed E-state index contributed by atoms with van der Waals surface area (Å²) < 4.78 is 0. The molecule has 0 aromatic rings. The van der Waals surface area contributed by atoms with E-state index in [2.05, 4.69) is 34.6 Å². The van der Waals surface area contributed by atoms with Gasteiger partial charge in [0.2, 0.25) is 0 Å². The van der Waals surface area contributed by atoms with Gasteiger partial charge in [-0.2, -0.15) is 0 Å². The van der Waals surface area contributed by atoms with E-state index >= 15 is 0 Å². The molecule has 0 amide bonds. The summed E-state index contributed by atoms with van der Waals surface area (Å²) >= 11 is 0. The lowest BCUT2D eigenvalue weighted by molar-refractivity contribution is 0.458. The molecule has 0 heterocycles. The van der Waals surface area contributed by atoms with Crippen LogP contribution >= 0.6 is 0 Å². The van der Waals surface area contributed by atoms with E-state index < -0.39 is 0 Å². The summed E-state index contributed by atoms with van der Waals surface area (Å²) in [6.45, 7) is 13.8. The minimum absolute atomic E-state index is 0.714. The normalized spacial score (nSPS) is 12.8. The number of unbranched alkanes of at least 4 members (excludes halogenated alkanes) is 18. The first-order chi connectivity index (χ1) is 15.5. The van der Waals surface area contributed by atoms with Crippen LogP contribution in [0.1, 0.15) is 182 Å². The Hall–Kier alpha value is 0. The van der Waals surface area contributed by atoms with Gasteiger partial charge in [0.25, 0.3) is 0 Å². The van der Waals surface area contributed by atoms with Gasteiger partial charge in [0, 0.05) is 0 Å². The SMILES string of the molecule is [CH2]C(CCCCCCCCCCCCCC(C)C)CCCCCCCCCCCC(C)C. The van der Waals surface area contributed by atoms with E-state index in [1.807, 2.05) is 0 Å². The molecule has 193 valence electrons. The van der Waals surface area contributed by atoms with Crippen LogP contribution in [0.25, 0.3) is 0 Å². The third kappa shape index (κ3) is 28.0. The molecular weight excluding hydrogens is 384 g/mol. The highest BCUT2D eigenvalue weighted by Gasteiger charge is 2.03. The monoisotopic (exact) mass is 450 g/mol. The van der Waals surface area contributed by atoms with Crippen molar-refractivity contribution in [3.8, 4) is 0 Å². The molecule has 1 radical (unpaired) electrons. The second kappa shape index (κ2) is 25.6. The molecule has 0 fully saturated rings. The van der Waals surface area contributed by atoms with Gasteiger partial charge in [-0.15, -0.1) is 0 Å². The Kier molecular flexibility index (Phi) is 25.6. The third-order valence-corrected chi connectivity index (χ3v) is 7.29. The zero-order valence-corrected chi connectivity index (χ0v) is 23.4. The Morgan fingerprint density at radius 1 is 0.312 bits per heavy atom. The van der Waals surface area contributed by atoms with E-state index in [4.69, 9.17) is 0 Å². The van der Waals surface area contributed by atoms with Crippen LogP contribution in [0.15, 0.2) is 0 Å². The molecule has 32 heavy (non-hydrogen) atoms. The molecule has 0 bridgehead atoms. The quantitative estimate of drug-likeness (QED) is 0.115. The Bertz CT molecular complexity index is 329. The van der Waals surface area contributed by atoms with E-state index in [1.165, 1.54) is 154 Å². The molecule has 0 spiro atoms. The maximum absolute atomic E-state index is 4.42. The maximum Gasteiger partial charge on any atom is -0.0414 e. The summed E-state index contributed by atoms with van der Waals surface area (Å²) in [5, 5.41) is 0. The standard InChI is InChI=1S/C32H65/c1-30(2)26-22-18-14-10-7-6-8-12-16-20-24-28-32(5)29-25-21-17-13-9-11-15-19-23-27-31(3)4/h30-32H,5-29H2,1-4H3. The minimum Gasteiger partial charge on any atom is -0.0628 e. The van der Waals surface area contributed by atoms with Crippen LogP contribution in [0.2, 0.25) is 0 Å². The van der Waals surface area contributed by atoms with Crippen LogP contribution in [0.4, 0.5) is 0 Å². The molecule has 0 saturated heterocycles. The lowest BCUT2D eigenvalue weighted by Gasteiger charge is -2.11. The molecule has 0 aliphatic carbocycles. The fraction of sp³-hybridized carbons (Fsp3) is 0.969. The average molecular weight is 450 g/mol. The highest BCUT2D eigenvalue weighted by Crippen LogP contribution is 2.19. The number of hydrogen-bond acceptors (Lipinski definition) is 0. The Balaban J connectivity index is 3.16. The van der Waals surface area contributed by atoms with E-state index in [1.54, 1.807) is 0 Å². The van der Waals surface area contributed by atoms with Crippen LogP contribution in [0, 0.1) is 24.7 Å². The zero-order chi connectivity index (χ0) is 23.7. The van der Waals surface area contributed by atoms with Crippen LogP contribution < -0.4 is 0 Å². The Morgan fingerprint density at radius 3 is 0.719 bits per heavy atom. The van der Waals surface area contributed by atoms with Crippen molar-refractivity contribution < 1.29 is 0 Å². The second-order valence-corrected chi connectivity index (χ2v) is 11.9. The lowest BCUT2D eigenvalue weighted by atomic mass is 9.95. The molecule has 0 rings (SSSR count). The Morgan fingerprint density at radius 2 is 0.500 bits per heavy atom. The molecule has 0 nitrogen and oxygen atoms in total. The van der Waals surface area contributed by atoms with E-state index in [9.17, 15) is 0 Å². The summed E-state index contributed by atoms with van der Waals surface area (Å²) in [6.07, 6.45) is 34.7. The average Bonchev–Trinajstić information content (AvgIpc) is 2.74. The van der Waals surface area contributed by atoms with Crippen molar-refractivity contribution in [1.82, 2.24) is 0 Å². The molecule has 0 aliphatic rings. The molecule has 0 aromatic carbocycles. The van der Waals surface area contributed by atoms with Crippen molar-refractivity contribution in [2.45, 2.75) is 182 Å². The summed E-state index contributed by atoms with van der Waals surface area (Å²) in [4.78, 5) is 0. The van der Waals surface area contributed by atoms with Gasteiger partial charge in [0.1, 0.15) is 0 Å². The minimum atomic E-state index is 0.714. The van der Waals surface area contributed by atoms with Crippen LogP contribution in [0.5, 0.6) is 0 Å². The first-order valence-corrected chi connectivity index (χ1v) is 15.4. The fourth-order valence-electron chi connectivity index (χ4n) is 4.94. The largest absolute Gasteiger partial charge is 0.0628 e. The summed E-state index contributed by atoms with van der Waals surface area (Å²) in [6, 6.07) is 0. The van der Waals surface area contributed by atoms with Gasteiger partial charge in [-0.25, -0.2) is 0 Å². The van der Waals surface area contributed by atoms with Crippen molar-refractivity contribution in [3.63, 3.8) is 0 Å². The molecular formula is C32H65. The molecule has 1 atom stereocenters. The third-order valence-electron chi connectivity index (χ3n) is 7.29. The first-order valence-electron chi connectivity index (χ1n) is 15.4. The highest BCUT2D eigenvalue weighted by molar-refractivity contribution is 4.62. The molecule has 0 heteroatoms. The van der Waals surface area contributed by atoms with Crippen molar-refractivity contribution >= 4 is 0 Å². The van der Waals surface area contributed by atoms with Crippen LogP contribution in [-0.2, 0) is 0 Å². The van der Waals surface area contributed by atoms with Crippen molar-refractivity contribution in [2.75, 3.05) is 0 Å². The van der Waals surface area contributed by atoms with Crippen molar-refractivity contribution in [1.29, 1.82) is 0 Å². The predicted molar refractivity (Wildman–Crippen MR) is 149 cm³/mol. The summed E-state index contributed by atoms with van der Waals surface area (Å²) in [5.41, 5.74) is 0. The molecule has 0 N–H and O–H groups in total. The smallest absolute Gasteiger partial charge is 0.0414 e. The molecule has 0 aromatic heterocycles. The molecule has 1 unspecified atom stereocenters. The van der Waals surface area contributed by atoms with Gasteiger partial charge in [-0.1, -0.05) is 189 Å². The second-order valence-electron chi connectivity index (χ2n) is 11.9. The van der Waals surface area contributed by atoms with E-state index in [0.29, 0.717) is 5.92 Å². The van der Waals surface area contributed by atoms with E-state index in [-0.39, 0.29) is 0 Å². The van der Waals surface area contributed by atoms with Gasteiger partial charge >= 0.3 is 0 Å². The maximum atomic E-state index is 4.42.